The number of nitrogens with one attached hydrogen (secondary N) is 1. The van der Waals surface area contributed by atoms with E-state index in [-0.39, 0.29) is 6.61 Å². The van der Waals surface area contributed by atoms with Crippen LogP contribution in [0.3, 0.4) is 0 Å². The van der Waals surface area contributed by atoms with Gasteiger partial charge in [0.15, 0.2) is 0 Å². The number of benzene rings is 2. The first kappa shape index (κ1) is 19.1. The summed E-state index contributed by atoms with van der Waals surface area (Å²) in [6, 6.07) is 15.8. The molecule has 0 fully saturated rings. The standard InChI is InChI=1S/C22H26N2O3/c1-2-22-23-15-21(24-22)17-6-11-20(12-7-17)27-19-9-4-16(5-10-19)3-8-18(26)13-14-25/h4-7,9-12,15,18,25-26H,2-3,8,13-14H2,1H3,(H,23,24). The summed E-state index contributed by atoms with van der Waals surface area (Å²) < 4.78 is 5.91. The molecule has 142 valence electrons. The lowest BCUT2D eigenvalue weighted by atomic mass is 10.1. The number of imidazole rings is 1. The Balaban J connectivity index is 1.57. The molecule has 1 heterocycles. The van der Waals surface area contributed by atoms with Crippen LogP contribution >= 0.6 is 0 Å². The molecule has 2 aromatic carbocycles. The maximum absolute atomic E-state index is 9.69. The SMILES string of the molecule is CCc1ncc(-c2ccc(Oc3ccc(CCC(O)CCO)cc3)cc2)[nH]1. The van der Waals surface area contributed by atoms with Crippen molar-refractivity contribution in [1.29, 1.82) is 0 Å². The molecule has 3 rings (SSSR count). The van der Waals surface area contributed by atoms with Crippen molar-refractivity contribution in [2.45, 2.75) is 38.7 Å². The minimum atomic E-state index is -0.451. The molecule has 3 N–H and O–H groups in total. The van der Waals surface area contributed by atoms with Crippen LogP contribution in [0.2, 0.25) is 0 Å². The number of hydrogen-bond donors (Lipinski definition) is 3. The van der Waals surface area contributed by atoms with E-state index < -0.39 is 6.10 Å². The van der Waals surface area contributed by atoms with Gasteiger partial charge in [-0.15, -0.1) is 0 Å². The summed E-state index contributed by atoms with van der Waals surface area (Å²) >= 11 is 0. The summed E-state index contributed by atoms with van der Waals surface area (Å²) in [5, 5.41) is 18.5. The van der Waals surface area contributed by atoms with Crippen molar-refractivity contribution in [2.24, 2.45) is 0 Å². The number of aromatic nitrogens is 2. The average molecular weight is 366 g/mol. The van der Waals surface area contributed by atoms with Gasteiger partial charge in [0.05, 0.1) is 18.0 Å². The Morgan fingerprint density at radius 2 is 1.67 bits per heavy atom. The van der Waals surface area contributed by atoms with Crippen molar-refractivity contribution in [2.75, 3.05) is 6.61 Å². The van der Waals surface area contributed by atoms with E-state index in [9.17, 15) is 5.11 Å². The third-order valence-electron chi connectivity index (χ3n) is 4.52. The number of ether oxygens (including phenoxy) is 1. The van der Waals surface area contributed by atoms with Crippen molar-refractivity contribution in [3.05, 3.63) is 66.1 Å². The van der Waals surface area contributed by atoms with Gasteiger partial charge in [-0.1, -0.05) is 19.1 Å². The van der Waals surface area contributed by atoms with E-state index in [1.807, 2.05) is 54.7 Å². The monoisotopic (exact) mass is 366 g/mol. The maximum Gasteiger partial charge on any atom is 0.127 e. The van der Waals surface area contributed by atoms with E-state index in [1.165, 1.54) is 0 Å². The highest BCUT2D eigenvalue weighted by Crippen LogP contribution is 2.25. The maximum atomic E-state index is 9.69. The molecule has 0 aliphatic rings. The predicted molar refractivity (Wildman–Crippen MR) is 106 cm³/mol. The van der Waals surface area contributed by atoms with E-state index in [2.05, 4.69) is 16.9 Å². The molecule has 1 unspecified atom stereocenters. The van der Waals surface area contributed by atoms with Crippen LogP contribution in [0.25, 0.3) is 11.3 Å². The molecule has 1 atom stereocenters. The summed E-state index contributed by atoms with van der Waals surface area (Å²) in [5.74, 6) is 2.53. The van der Waals surface area contributed by atoms with E-state index in [0.29, 0.717) is 12.8 Å². The van der Waals surface area contributed by atoms with Gasteiger partial charge in [0.2, 0.25) is 0 Å². The topological polar surface area (TPSA) is 78.4 Å². The van der Waals surface area contributed by atoms with Gasteiger partial charge in [-0.3, -0.25) is 0 Å². The first-order chi connectivity index (χ1) is 13.2. The molecule has 0 spiro atoms. The zero-order valence-corrected chi connectivity index (χ0v) is 15.6. The largest absolute Gasteiger partial charge is 0.457 e. The lowest BCUT2D eigenvalue weighted by Gasteiger charge is -2.10. The van der Waals surface area contributed by atoms with E-state index in [1.54, 1.807) is 0 Å². The van der Waals surface area contributed by atoms with E-state index in [4.69, 9.17) is 9.84 Å². The fourth-order valence-electron chi connectivity index (χ4n) is 2.88. The highest BCUT2D eigenvalue weighted by molar-refractivity contribution is 5.59. The molecule has 27 heavy (non-hydrogen) atoms. The normalized spacial score (nSPS) is 12.1. The Labute approximate surface area is 159 Å². The highest BCUT2D eigenvalue weighted by atomic mass is 16.5. The number of aromatic amines is 1. The predicted octanol–water partition coefficient (Wildman–Crippen LogP) is 4.11. The van der Waals surface area contributed by atoms with Gasteiger partial charge >= 0.3 is 0 Å². The van der Waals surface area contributed by atoms with Crippen LogP contribution in [0.4, 0.5) is 0 Å². The minimum absolute atomic E-state index is 0.0207. The Morgan fingerprint density at radius 3 is 2.26 bits per heavy atom. The van der Waals surface area contributed by atoms with Gasteiger partial charge in [0.25, 0.3) is 0 Å². The van der Waals surface area contributed by atoms with E-state index in [0.717, 1.165) is 47.0 Å². The van der Waals surface area contributed by atoms with Gasteiger partial charge in [0.1, 0.15) is 17.3 Å². The van der Waals surface area contributed by atoms with Crippen LogP contribution in [-0.4, -0.2) is 32.9 Å². The first-order valence-electron chi connectivity index (χ1n) is 9.38. The van der Waals surface area contributed by atoms with Gasteiger partial charge in [-0.2, -0.15) is 0 Å². The Morgan fingerprint density at radius 1 is 1.00 bits per heavy atom. The third kappa shape index (κ3) is 5.42. The van der Waals surface area contributed by atoms with Crippen LogP contribution in [0.15, 0.2) is 54.7 Å². The lowest BCUT2D eigenvalue weighted by molar-refractivity contribution is 0.125. The van der Waals surface area contributed by atoms with Crippen LogP contribution in [0.5, 0.6) is 11.5 Å². The molecule has 5 nitrogen and oxygen atoms in total. The van der Waals surface area contributed by atoms with Crippen molar-refractivity contribution >= 4 is 0 Å². The minimum Gasteiger partial charge on any atom is -0.457 e. The first-order valence-corrected chi connectivity index (χ1v) is 9.38. The van der Waals surface area contributed by atoms with Gasteiger partial charge in [-0.05, 0) is 66.8 Å². The van der Waals surface area contributed by atoms with Gasteiger partial charge < -0.3 is 19.9 Å². The second-order valence-corrected chi connectivity index (χ2v) is 6.57. The molecule has 0 saturated heterocycles. The molecule has 0 amide bonds. The number of H-pyrrole nitrogens is 1. The zero-order valence-electron chi connectivity index (χ0n) is 15.6. The van der Waals surface area contributed by atoms with Crippen molar-refractivity contribution in [1.82, 2.24) is 9.97 Å². The number of rotatable bonds is 9. The lowest BCUT2D eigenvalue weighted by Crippen LogP contribution is -2.09. The Kier molecular flexibility index (Phi) is 6.63. The fourth-order valence-corrected chi connectivity index (χ4v) is 2.88. The van der Waals surface area contributed by atoms with Crippen LogP contribution < -0.4 is 4.74 Å². The quantitative estimate of drug-likeness (QED) is 0.533. The Bertz CT molecular complexity index is 826. The van der Waals surface area contributed by atoms with Crippen molar-refractivity contribution in [3.63, 3.8) is 0 Å². The fraction of sp³-hybridized carbons (Fsp3) is 0.318. The van der Waals surface area contributed by atoms with Crippen LogP contribution in [-0.2, 0) is 12.8 Å². The molecule has 0 saturated carbocycles. The van der Waals surface area contributed by atoms with Crippen molar-refractivity contribution < 1.29 is 14.9 Å². The zero-order chi connectivity index (χ0) is 19.1. The van der Waals surface area contributed by atoms with Gasteiger partial charge in [-0.25, -0.2) is 4.98 Å². The summed E-state index contributed by atoms with van der Waals surface area (Å²) in [4.78, 5) is 7.63. The van der Waals surface area contributed by atoms with Gasteiger partial charge in [0, 0.05) is 13.0 Å². The molecule has 0 bridgehead atoms. The smallest absolute Gasteiger partial charge is 0.127 e. The number of aliphatic hydroxyl groups excluding tert-OH is 2. The Hall–Kier alpha value is -2.63. The van der Waals surface area contributed by atoms with Crippen molar-refractivity contribution in [3.8, 4) is 22.8 Å². The molecule has 1 aromatic heterocycles. The molecule has 0 aliphatic carbocycles. The average Bonchev–Trinajstić information content (AvgIpc) is 3.18. The summed E-state index contributed by atoms with van der Waals surface area (Å²) in [7, 11) is 0. The molecule has 0 radical (unpaired) electrons. The second kappa shape index (κ2) is 9.35. The second-order valence-electron chi connectivity index (χ2n) is 6.57. The molecular weight excluding hydrogens is 340 g/mol. The molecule has 5 heteroatoms. The summed E-state index contributed by atoms with van der Waals surface area (Å²) in [6.07, 6.45) is 4.14. The molecule has 3 aromatic rings. The number of aryl methyl sites for hydroxylation is 2. The van der Waals surface area contributed by atoms with Crippen LogP contribution in [0.1, 0.15) is 31.2 Å². The number of hydrogen-bond acceptors (Lipinski definition) is 4. The molecule has 0 aliphatic heterocycles. The number of nitrogens with zero attached hydrogens (tertiary/aromatic N) is 1. The van der Waals surface area contributed by atoms with E-state index >= 15 is 0 Å². The van der Waals surface area contributed by atoms with Crippen LogP contribution in [0, 0.1) is 0 Å². The third-order valence-corrected chi connectivity index (χ3v) is 4.52. The highest BCUT2D eigenvalue weighted by Gasteiger charge is 2.05. The summed E-state index contributed by atoms with van der Waals surface area (Å²) in [5.41, 5.74) is 3.22. The summed E-state index contributed by atoms with van der Waals surface area (Å²) in [6.45, 7) is 2.09. The molecular formula is C22H26N2O3. The number of aliphatic hydroxyl groups is 2.